The molecule has 0 spiro atoms. The van der Waals surface area contributed by atoms with Crippen LogP contribution in [0.25, 0.3) is 22.6 Å². The van der Waals surface area contributed by atoms with Crippen molar-refractivity contribution in [2.75, 3.05) is 5.73 Å². The zero-order valence-corrected chi connectivity index (χ0v) is 12.3. The smallest absolute Gasteiger partial charge is 0.158 e. The van der Waals surface area contributed by atoms with Crippen LogP contribution >= 0.6 is 31.9 Å². The molecule has 3 aromatic rings. The molecule has 4 nitrogen and oxygen atoms in total. The molecule has 0 aliphatic carbocycles. The number of nitrogen functional groups attached to an aromatic ring is 1. The maximum atomic E-state index is 5.94. The summed E-state index contributed by atoms with van der Waals surface area (Å²) in [6.07, 6.45) is 1.73. The summed E-state index contributed by atoms with van der Waals surface area (Å²) in [6.45, 7) is 0. The molecule has 0 saturated heterocycles. The second-order valence-corrected chi connectivity index (χ2v) is 5.58. The van der Waals surface area contributed by atoms with Gasteiger partial charge < -0.3 is 10.7 Å². The van der Waals surface area contributed by atoms with Crippen molar-refractivity contribution in [2.24, 2.45) is 0 Å². The first-order chi connectivity index (χ1) is 8.65. The van der Waals surface area contributed by atoms with Crippen molar-refractivity contribution in [3.8, 4) is 11.5 Å². The Bertz CT molecular complexity index is 736. The van der Waals surface area contributed by atoms with Gasteiger partial charge in [0.05, 0.1) is 11.2 Å². The summed E-state index contributed by atoms with van der Waals surface area (Å²) in [7, 11) is 0. The summed E-state index contributed by atoms with van der Waals surface area (Å²) < 4.78 is 1.81. The highest BCUT2D eigenvalue weighted by Gasteiger charge is 2.11. The summed E-state index contributed by atoms with van der Waals surface area (Å²) in [5.74, 6) is 0.697. The molecule has 90 valence electrons. The standard InChI is InChI=1S/C12H8Br2N4/c13-6-4-8(15)11-9(5-6)17-12(18-11)10-7(14)2-1-3-16-10/h1-5H,15H2,(H,17,18). The molecule has 0 aliphatic heterocycles. The number of fused-ring (bicyclic) bond motifs is 1. The number of nitrogens with one attached hydrogen (secondary N) is 1. The van der Waals surface area contributed by atoms with E-state index in [2.05, 4.69) is 46.8 Å². The molecule has 0 atom stereocenters. The van der Waals surface area contributed by atoms with E-state index in [4.69, 9.17) is 5.73 Å². The molecule has 3 N–H and O–H groups in total. The molecule has 0 radical (unpaired) electrons. The number of H-pyrrole nitrogens is 1. The average Bonchev–Trinajstić information content (AvgIpc) is 2.73. The van der Waals surface area contributed by atoms with Crippen LogP contribution in [0.15, 0.2) is 39.4 Å². The van der Waals surface area contributed by atoms with E-state index in [1.165, 1.54) is 0 Å². The van der Waals surface area contributed by atoms with E-state index in [1.807, 2.05) is 24.3 Å². The first kappa shape index (κ1) is 11.7. The van der Waals surface area contributed by atoms with E-state index in [-0.39, 0.29) is 0 Å². The molecule has 0 aliphatic rings. The van der Waals surface area contributed by atoms with E-state index >= 15 is 0 Å². The lowest BCUT2D eigenvalue weighted by Gasteiger charge is -1.97. The number of rotatable bonds is 1. The van der Waals surface area contributed by atoms with Gasteiger partial charge in [-0.05, 0) is 40.2 Å². The van der Waals surface area contributed by atoms with Crippen molar-refractivity contribution in [1.82, 2.24) is 15.0 Å². The lowest BCUT2D eigenvalue weighted by molar-refractivity contribution is 1.22. The minimum absolute atomic E-state index is 0.633. The highest BCUT2D eigenvalue weighted by atomic mass is 79.9. The molecular formula is C12H8Br2N4. The lowest BCUT2D eigenvalue weighted by atomic mass is 10.3. The van der Waals surface area contributed by atoms with E-state index < -0.39 is 0 Å². The molecular weight excluding hydrogens is 360 g/mol. The molecule has 18 heavy (non-hydrogen) atoms. The quantitative estimate of drug-likeness (QED) is 0.644. The molecule has 0 bridgehead atoms. The van der Waals surface area contributed by atoms with Crippen LogP contribution in [0.2, 0.25) is 0 Å². The molecule has 0 unspecified atom stereocenters. The van der Waals surface area contributed by atoms with Crippen molar-refractivity contribution in [2.45, 2.75) is 0 Å². The molecule has 0 saturated carbocycles. The minimum atomic E-state index is 0.633. The third-order valence-corrected chi connectivity index (χ3v) is 3.66. The number of hydrogen-bond acceptors (Lipinski definition) is 3. The highest BCUT2D eigenvalue weighted by molar-refractivity contribution is 9.10. The van der Waals surface area contributed by atoms with Crippen LogP contribution in [0, 0.1) is 0 Å². The Morgan fingerprint density at radius 1 is 1.22 bits per heavy atom. The Kier molecular flexibility index (Phi) is 2.83. The van der Waals surface area contributed by atoms with Crippen LogP contribution < -0.4 is 5.73 Å². The topological polar surface area (TPSA) is 67.6 Å². The van der Waals surface area contributed by atoms with Gasteiger partial charge in [-0.3, -0.25) is 4.98 Å². The second-order valence-electron chi connectivity index (χ2n) is 3.81. The van der Waals surface area contributed by atoms with Gasteiger partial charge >= 0.3 is 0 Å². The number of benzene rings is 1. The summed E-state index contributed by atoms with van der Waals surface area (Å²) >= 11 is 6.87. The largest absolute Gasteiger partial charge is 0.397 e. The van der Waals surface area contributed by atoms with Crippen molar-refractivity contribution in [3.05, 3.63) is 39.4 Å². The fraction of sp³-hybridized carbons (Fsp3) is 0. The predicted octanol–water partition coefficient (Wildman–Crippen LogP) is 3.73. The zero-order valence-electron chi connectivity index (χ0n) is 9.11. The number of aromatic nitrogens is 3. The fourth-order valence-corrected chi connectivity index (χ4v) is 2.70. The summed E-state index contributed by atoms with van der Waals surface area (Å²) in [5.41, 5.74) is 8.98. The van der Waals surface area contributed by atoms with Crippen LogP contribution in [0.3, 0.4) is 0 Å². The number of nitrogens with zero attached hydrogens (tertiary/aromatic N) is 2. The molecule has 2 aromatic heterocycles. The van der Waals surface area contributed by atoms with Crippen LogP contribution in [0.5, 0.6) is 0 Å². The van der Waals surface area contributed by atoms with Gasteiger partial charge in [0.1, 0.15) is 11.2 Å². The second kappa shape index (κ2) is 4.37. The van der Waals surface area contributed by atoms with Gasteiger partial charge in [0.15, 0.2) is 5.82 Å². The van der Waals surface area contributed by atoms with Crippen LogP contribution in [0.1, 0.15) is 0 Å². The van der Waals surface area contributed by atoms with E-state index in [1.54, 1.807) is 6.20 Å². The van der Waals surface area contributed by atoms with Gasteiger partial charge in [0.2, 0.25) is 0 Å². The highest BCUT2D eigenvalue weighted by Crippen LogP contribution is 2.29. The lowest BCUT2D eigenvalue weighted by Crippen LogP contribution is -1.87. The number of pyridine rings is 1. The van der Waals surface area contributed by atoms with Gasteiger partial charge in [-0.15, -0.1) is 0 Å². The van der Waals surface area contributed by atoms with Gasteiger partial charge in [0, 0.05) is 15.1 Å². The number of imidazole rings is 1. The number of hydrogen-bond donors (Lipinski definition) is 2. The summed E-state index contributed by atoms with van der Waals surface area (Å²) in [6, 6.07) is 7.56. The monoisotopic (exact) mass is 366 g/mol. The maximum absolute atomic E-state index is 5.94. The third kappa shape index (κ3) is 1.91. The zero-order chi connectivity index (χ0) is 12.7. The van der Waals surface area contributed by atoms with Crippen molar-refractivity contribution in [3.63, 3.8) is 0 Å². The number of nitrogens with two attached hydrogens (primary N) is 1. The molecule has 6 heteroatoms. The molecule has 2 heterocycles. The minimum Gasteiger partial charge on any atom is -0.397 e. The van der Waals surface area contributed by atoms with Crippen LogP contribution in [0.4, 0.5) is 5.69 Å². The molecule has 0 amide bonds. The van der Waals surface area contributed by atoms with Gasteiger partial charge in [0.25, 0.3) is 0 Å². The maximum Gasteiger partial charge on any atom is 0.158 e. The van der Waals surface area contributed by atoms with E-state index in [0.29, 0.717) is 11.5 Å². The number of anilines is 1. The Balaban J connectivity index is 2.26. The SMILES string of the molecule is Nc1cc(Br)cc2[nH]c(-c3ncccc3Br)nc12. The van der Waals surface area contributed by atoms with Crippen LogP contribution in [-0.2, 0) is 0 Å². The fourth-order valence-electron chi connectivity index (χ4n) is 1.78. The average molecular weight is 368 g/mol. The summed E-state index contributed by atoms with van der Waals surface area (Å²) in [5, 5.41) is 0. The Morgan fingerprint density at radius 2 is 2.06 bits per heavy atom. The van der Waals surface area contributed by atoms with E-state index in [0.717, 1.165) is 25.7 Å². The first-order valence-electron chi connectivity index (χ1n) is 5.21. The molecule has 1 aromatic carbocycles. The number of aromatic amines is 1. The van der Waals surface area contributed by atoms with Gasteiger partial charge in [-0.25, -0.2) is 4.98 Å². The molecule has 0 fully saturated rings. The third-order valence-electron chi connectivity index (χ3n) is 2.56. The Hall–Kier alpha value is -1.40. The van der Waals surface area contributed by atoms with Crippen LogP contribution in [-0.4, -0.2) is 15.0 Å². The van der Waals surface area contributed by atoms with Crippen molar-refractivity contribution in [1.29, 1.82) is 0 Å². The Labute approximate surface area is 120 Å². The number of halogens is 2. The normalized spacial score (nSPS) is 11.0. The van der Waals surface area contributed by atoms with E-state index in [9.17, 15) is 0 Å². The van der Waals surface area contributed by atoms with Gasteiger partial charge in [-0.2, -0.15) is 0 Å². The summed E-state index contributed by atoms with van der Waals surface area (Å²) in [4.78, 5) is 12.0. The van der Waals surface area contributed by atoms with Crippen molar-refractivity contribution >= 4 is 48.6 Å². The van der Waals surface area contributed by atoms with Gasteiger partial charge in [-0.1, -0.05) is 15.9 Å². The Morgan fingerprint density at radius 3 is 2.83 bits per heavy atom. The predicted molar refractivity (Wildman–Crippen MR) is 79.1 cm³/mol. The van der Waals surface area contributed by atoms with Crippen molar-refractivity contribution < 1.29 is 0 Å². The first-order valence-corrected chi connectivity index (χ1v) is 6.79. The molecule has 3 rings (SSSR count).